The van der Waals surface area contributed by atoms with E-state index >= 15 is 0 Å². The number of hydrogen-bond acceptors (Lipinski definition) is 9. The van der Waals surface area contributed by atoms with Gasteiger partial charge in [0.15, 0.2) is 6.04 Å². The number of hydrogen-bond donors (Lipinski definition) is 8. The highest BCUT2D eigenvalue weighted by Gasteiger charge is 2.47. The number of alkyl carbamates (subject to hydrolysis) is 1. The van der Waals surface area contributed by atoms with E-state index in [-0.39, 0.29) is 43.1 Å². The molecule has 0 spiro atoms. The Labute approximate surface area is 298 Å². The van der Waals surface area contributed by atoms with Crippen molar-refractivity contribution in [2.24, 2.45) is 23.7 Å². The van der Waals surface area contributed by atoms with Gasteiger partial charge in [-0.25, -0.2) is 9.59 Å². The van der Waals surface area contributed by atoms with Crippen molar-refractivity contribution in [1.82, 2.24) is 26.6 Å². The third-order valence-corrected chi connectivity index (χ3v) is 9.62. The SMILES string of the molecule is CC(C)COC(=O)N[C@H](C(=O)N[C@@H](CC1CC1)C(=O)N[C@@H](CC1CC1)C(O)(O)C(=O)NCC(=O)N[C@H](C(=O)O)c1ccccc1)C1CCCCC1. The third-order valence-electron chi connectivity index (χ3n) is 9.62. The number of aliphatic hydroxyl groups is 2. The molecule has 0 aliphatic heterocycles. The summed E-state index contributed by atoms with van der Waals surface area (Å²) >= 11 is 0. The van der Waals surface area contributed by atoms with E-state index in [0.29, 0.717) is 5.56 Å². The number of carboxylic acid groups (broad SMARTS) is 1. The fourth-order valence-corrected chi connectivity index (χ4v) is 6.33. The Balaban J connectivity index is 1.42. The highest BCUT2D eigenvalue weighted by Crippen LogP contribution is 2.36. The number of benzene rings is 1. The summed E-state index contributed by atoms with van der Waals surface area (Å²) < 4.78 is 5.29. The van der Waals surface area contributed by atoms with Crippen LogP contribution in [0.3, 0.4) is 0 Å². The molecule has 3 aliphatic rings. The van der Waals surface area contributed by atoms with E-state index in [2.05, 4.69) is 26.6 Å². The molecule has 1 aromatic rings. The molecule has 8 N–H and O–H groups in total. The van der Waals surface area contributed by atoms with Crippen molar-refractivity contribution in [3.05, 3.63) is 35.9 Å². The first-order valence-electron chi connectivity index (χ1n) is 18.1. The van der Waals surface area contributed by atoms with Gasteiger partial charge in [-0.2, -0.15) is 0 Å². The van der Waals surface area contributed by atoms with Crippen molar-refractivity contribution in [2.75, 3.05) is 13.2 Å². The van der Waals surface area contributed by atoms with Crippen LogP contribution in [0, 0.1) is 23.7 Å². The van der Waals surface area contributed by atoms with Gasteiger partial charge in [0, 0.05) is 0 Å². The predicted molar refractivity (Wildman–Crippen MR) is 183 cm³/mol. The second kappa shape index (κ2) is 18.3. The van der Waals surface area contributed by atoms with Crippen LogP contribution in [-0.2, 0) is 28.7 Å². The summed E-state index contributed by atoms with van der Waals surface area (Å²) in [5.41, 5.74) is 0.301. The zero-order valence-corrected chi connectivity index (χ0v) is 29.4. The second-order valence-corrected chi connectivity index (χ2v) is 14.7. The molecule has 3 fully saturated rings. The molecule has 3 aliphatic carbocycles. The van der Waals surface area contributed by atoms with Crippen LogP contribution in [0.15, 0.2) is 30.3 Å². The van der Waals surface area contributed by atoms with Crippen molar-refractivity contribution < 1.29 is 48.8 Å². The Morgan fingerprint density at radius 3 is 2.02 bits per heavy atom. The molecule has 282 valence electrons. The van der Waals surface area contributed by atoms with Gasteiger partial charge < -0.3 is 46.6 Å². The Morgan fingerprint density at radius 1 is 0.804 bits per heavy atom. The van der Waals surface area contributed by atoms with Gasteiger partial charge in [-0.3, -0.25) is 19.2 Å². The number of carbonyl (C=O) groups is 6. The number of carboxylic acids is 1. The molecule has 4 rings (SSSR count). The lowest BCUT2D eigenvalue weighted by Gasteiger charge is -2.33. The molecule has 0 heterocycles. The van der Waals surface area contributed by atoms with Gasteiger partial charge >= 0.3 is 12.1 Å². The molecule has 0 saturated heterocycles. The summed E-state index contributed by atoms with van der Waals surface area (Å²) in [6.07, 6.45) is 7.11. The average molecular weight is 716 g/mol. The van der Waals surface area contributed by atoms with Crippen LogP contribution in [0.1, 0.15) is 96.1 Å². The largest absolute Gasteiger partial charge is 0.479 e. The van der Waals surface area contributed by atoms with Gasteiger partial charge in [0.2, 0.25) is 17.7 Å². The average Bonchev–Trinajstić information content (AvgIpc) is 4.05. The first-order valence-corrected chi connectivity index (χ1v) is 18.1. The van der Waals surface area contributed by atoms with Gasteiger partial charge in [-0.05, 0) is 54.9 Å². The van der Waals surface area contributed by atoms with Crippen LogP contribution >= 0.6 is 0 Å². The number of amides is 5. The minimum atomic E-state index is -3.15. The first-order chi connectivity index (χ1) is 24.2. The normalized spacial score (nSPS) is 18.8. The number of rotatable bonds is 19. The van der Waals surface area contributed by atoms with Crippen molar-refractivity contribution >= 4 is 35.7 Å². The maximum Gasteiger partial charge on any atom is 0.407 e. The van der Waals surface area contributed by atoms with Crippen LogP contribution in [0.2, 0.25) is 0 Å². The number of ether oxygens (including phenoxy) is 1. The molecular formula is C36H53N5O10. The predicted octanol–water partition coefficient (Wildman–Crippen LogP) is 1.63. The molecule has 15 nitrogen and oxygen atoms in total. The maximum atomic E-state index is 13.8. The fraction of sp³-hybridized carbons (Fsp3) is 0.667. The lowest BCUT2D eigenvalue weighted by Crippen LogP contribution is -2.64. The third kappa shape index (κ3) is 12.5. The minimum absolute atomic E-state index is 0.0143. The molecule has 3 saturated carbocycles. The highest BCUT2D eigenvalue weighted by molar-refractivity contribution is 5.93. The van der Waals surface area contributed by atoms with E-state index in [1.807, 2.05) is 13.8 Å². The van der Waals surface area contributed by atoms with E-state index in [1.54, 1.807) is 18.2 Å². The Morgan fingerprint density at radius 2 is 1.43 bits per heavy atom. The van der Waals surface area contributed by atoms with Crippen LogP contribution < -0.4 is 26.6 Å². The zero-order chi connectivity index (χ0) is 37.1. The van der Waals surface area contributed by atoms with Crippen LogP contribution in [0.25, 0.3) is 0 Å². The monoisotopic (exact) mass is 715 g/mol. The summed E-state index contributed by atoms with van der Waals surface area (Å²) in [5.74, 6) is -7.85. The highest BCUT2D eigenvalue weighted by atomic mass is 16.5. The molecule has 0 unspecified atom stereocenters. The van der Waals surface area contributed by atoms with E-state index in [1.165, 1.54) is 12.1 Å². The summed E-state index contributed by atoms with van der Waals surface area (Å²) in [4.78, 5) is 77.7. The van der Waals surface area contributed by atoms with Gasteiger partial charge in [0.25, 0.3) is 11.7 Å². The molecule has 51 heavy (non-hydrogen) atoms. The molecule has 4 atom stereocenters. The zero-order valence-electron chi connectivity index (χ0n) is 29.4. The lowest BCUT2D eigenvalue weighted by molar-refractivity contribution is -0.198. The molecule has 0 aromatic heterocycles. The standard InChI is InChI=1S/C36H53N5O10/c1-21(2)20-51-35(48)41-29(24-9-5-3-6-10-24)32(44)38-26(17-22-13-14-22)31(43)39-27(18-23-15-16-23)36(49,50)34(47)37-19-28(42)40-30(33(45)46)25-11-7-4-8-12-25/h4,7-8,11-12,21-24,26-27,29-30,49-50H,3,5-6,9-10,13-20H2,1-2H3,(H,37,47)(H,38,44)(H,39,43)(H,40,42)(H,41,48)(H,45,46)/t26-,27-,29-,30-/m0/s1. The first kappa shape index (κ1) is 39.5. The van der Waals surface area contributed by atoms with E-state index in [4.69, 9.17) is 4.74 Å². The molecule has 5 amide bonds. The summed E-state index contributed by atoms with van der Waals surface area (Å²) in [5, 5.41) is 44.3. The van der Waals surface area contributed by atoms with Gasteiger partial charge in [0.1, 0.15) is 12.1 Å². The molecule has 0 radical (unpaired) electrons. The van der Waals surface area contributed by atoms with E-state index in [9.17, 15) is 44.1 Å². The van der Waals surface area contributed by atoms with Crippen molar-refractivity contribution in [1.29, 1.82) is 0 Å². The van der Waals surface area contributed by atoms with Gasteiger partial charge in [0.05, 0.1) is 19.2 Å². The summed E-state index contributed by atoms with van der Waals surface area (Å²) in [6, 6.07) is 3.03. The van der Waals surface area contributed by atoms with Crippen molar-refractivity contribution in [3.63, 3.8) is 0 Å². The van der Waals surface area contributed by atoms with Crippen LogP contribution in [0.4, 0.5) is 4.79 Å². The van der Waals surface area contributed by atoms with Crippen LogP contribution in [0.5, 0.6) is 0 Å². The molecule has 1 aromatic carbocycles. The van der Waals surface area contributed by atoms with Crippen molar-refractivity contribution in [2.45, 2.75) is 114 Å². The summed E-state index contributed by atoms with van der Waals surface area (Å²) in [6.45, 7) is 3.21. The molecule has 15 heteroatoms. The van der Waals surface area contributed by atoms with Crippen molar-refractivity contribution in [3.8, 4) is 0 Å². The molecular weight excluding hydrogens is 662 g/mol. The Hall–Kier alpha value is -4.24. The maximum absolute atomic E-state index is 13.8. The van der Waals surface area contributed by atoms with Gasteiger partial charge in [-0.1, -0.05) is 89.1 Å². The minimum Gasteiger partial charge on any atom is -0.479 e. The lowest BCUT2D eigenvalue weighted by atomic mass is 9.83. The summed E-state index contributed by atoms with van der Waals surface area (Å²) in [7, 11) is 0. The van der Waals surface area contributed by atoms with Gasteiger partial charge in [-0.15, -0.1) is 0 Å². The smallest absolute Gasteiger partial charge is 0.407 e. The fourth-order valence-electron chi connectivity index (χ4n) is 6.33. The Bertz CT molecular complexity index is 1380. The van der Waals surface area contributed by atoms with E-state index in [0.717, 1.165) is 57.8 Å². The van der Waals surface area contributed by atoms with E-state index < -0.39 is 72.2 Å². The molecule has 0 bridgehead atoms. The Kier molecular flexibility index (Phi) is 14.2. The number of carbonyl (C=O) groups excluding carboxylic acids is 5. The second-order valence-electron chi connectivity index (χ2n) is 14.7. The van der Waals surface area contributed by atoms with Crippen LogP contribution in [-0.4, -0.2) is 88.1 Å². The quantitative estimate of drug-likeness (QED) is 0.0965. The number of aliphatic carboxylic acids is 1. The number of nitrogens with one attached hydrogen (secondary N) is 5. The topological polar surface area (TPSA) is 232 Å².